The molecule has 0 spiro atoms. The second-order valence-corrected chi connectivity index (χ2v) is 5.12. The van der Waals surface area contributed by atoms with Crippen LogP contribution in [-0.2, 0) is 5.88 Å². The van der Waals surface area contributed by atoms with Crippen molar-refractivity contribution in [1.29, 1.82) is 0 Å². The van der Waals surface area contributed by atoms with Gasteiger partial charge < -0.3 is 9.80 Å². The molecule has 0 unspecified atom stereocenters. The minimum atomic E-state index is -0.183. The summed E-state index contributed by atoms with van der Waals surface area (Å²) in [5.41, 5.74) is 1.51. The number of benzene rings is 1. The Morgan fingerprint density at radius 1 is 1.33 bits per heavy atom. The highest BCUT2D eigenvalue weighted by molar-refractivity contribution is 6.17. The van der Waals surface area contributed by atoms with Gasteiger partial charge in [-0.2, -0.15) is 0 Å². The predicted octanol–water partition coefficient (Wildman–Crippen LogP) is 3.10. The first-order valence-corrected chi connectivity index (χ1v) is 7.02. The second kappa shape index (κ2) is 6.39. The number of alkyl halides is 1. The summed E-state index contributed by atoms with van der Waals surface area (Å²) in [5.74, 6) is 0.165. The smallest absolute Gasteiger partial charge is 0.146 e. The lowest BCUT2D eigenvalue weighted by molar-refractivity contribution is 0.346. The Bertz CT molecular complexity index is 391. The Kier molecular flexibility index (Phi) is 4.84. The summed E-state index contributed by atoms with van der Waals surface area (Å²) in [5, 5.41) is 0. The third kappa shape index (κ3) is 3.15. The van der Waals surface area contributed by atoms with Crippen molar-refractivity contribution >= 4 is 17.3 Å². The van der Waals surface area contributed by atoms with E-state index in [1.807, 2.05) is 18.0 Å². The van der Waals surface area contributed by atoms with E-state index in [1.54, 1.807) is 6.07 Å². The van der Waals surface area contributed by atoms with E-state index in [4.69, 9.17) is 11.6 Å². The number of anilines is 1. The number of para-hydroxylation sites is 1. The van der Waals surface area contributed by atoms with Crippen molar-refractivity contribution in [3.05, 3.63) is 29.6 Å². The number of rotatable bonds is 5. The molecule has 0 atom stereocenters. The second-order valence-electron chi connectivity index (χ2n) is 4.85. The van der Waals surface area contributed by atoms with Crippen LogP contribution in [0, 0.1) is 5.82 Å². The largest absolute Gasteiger partial charge is 0.371 e. The van der Waals surface area contributed by atoms with Crippen LogP contribution in [0.25, 0.3) is 0 Å². The number of hydrogen-bond acceptors (Lipinski definition) is 2. The third-order valence-electron chi connectivity index (χ3n) is 3.55. The van der Waals surface area contributed by atoms with Crippen molar-refractivity contribution in [2.24, 2.45) is 0 Å². The first kappa shape index (κ1) is 13.6. The van der Waals surface area contributed by atoms with Crippen LogP contribution in [0.4, 0.5) is 10.1 Å². The third-order valence-corrected chi connectivity index (χ3v) is 3.83. The molecular formula is C14H20ClFN2. The quantitative estimate of drug-likeness (QED) is 0.759. The average molecular weight is 271 g/mol. The van der Waals surface area contributed by atoms with Gasteiger partial charge in [0.05, 0.1) is 5.69 Å². The molecule has 0 bridgehead atoms. The lowest BCUT2D eigenvalue weighted by Crippen LogP contribution is -2.32. The molecule has 2 rings (SSSR count). The van der Waals surface area contributed by atoms with E-state index < -0.39 is 0 Å². The maximum Gasteiger partial charge on any atom is 0.146 e. The van der Waals surface area contributed by atoms with Crippen molar-refractivity contribution in [2.45, 2.75) is 18.7 Å². The maximum atomic E-state index is 13.9. The minimum Gasteiger partial charge on any atom is -0.371 e. The van der Waals surface area contributed by atoms with E-state index >= 15 is 0 Å². The van der Waals surface area contributed by atoms with Crippen molar-refractivity contribution in [2.75, 3.05) is 38.1 Å². The Morgan fingerprint density at radius 3 is 2.72 bits per heavy atom. The first-order chi connectivity index (χ1) is 8.72. The summed E-state index contributed by atoms with van der Waals surface area (Å²) < 4.78 is 13.9. The van der Waals surface area contributed by atoms with Crippen LogP contribution >= 0.6 is 11.6 Å². The summed E-state index contributed by atoms with van der Waals surface area (Å²) >= 11 is 5.87. The van der Waals surface area contributed by atoms with E-state index in [1.165, 1.54) is 32.0 Å². The van der Waals surface area contributed by atoms with Gasteiger partial charge in [-0.1, -0.05) is 12.1 Å². The number of nitrogens with zero attached hydrogens (tertiary/aromatic N) is 2. The molecular weight excluding hydrogens is 251 g/mol. The van der Waals surface area contributed by atoms with Crippen LogP contribution in [0.1, 0.15) is 18.4 Å². The monoisotopic (exact) mass is 270 g/mol. The van der Waals surface area contributed by atoms with E-state index in [2.05, 4.69) is 4.90 Å². The lowest BCUT2D eigenvalue weighted by atomic mass is 10.1. The highest BCUT2D eigenvalue weighted by Gasteiger charge is 2.15. The highest BCUT2D eigenvalue weighted by Crippen LogP contribution is 2.25. The summed E-state index contributed by atoms with van der Waals surface area (Å²) in [4.78, 5) is 4.41. The summed E-state index contributed by atoms with van der Waals surface area (Å²) in [7, 11) is 1.94. The molecule has 1 aromatic rings. The molecule has 0 saturated carbocycles. The molecule has 0 aromatic heterocycles. The summed E-state index contributed by atoms with van der Waals surface area (Å²) in [6.07, 6.45) is 2.58. The van der Waals surface area contributed by atoms with Gasteiger partial charge in [0.15, 0.2) is 0 Å². The Labute approximate surface area is 113 Å². The van der Waals surface area contributed by atoms with Gasteiger partial charge in [-0.15, -0.1) is 11.6 Å². The van der Waals surface area contributed by atoms with E-state index in [9.17, 15) is 4.39 Å². The minimum absolute atomic E-state index is 0.183. The fourth-order valence-corrected chi connectivity index (χ4v) is 2.72. The molecule has 100 valence electrons. The molecule has 0 aliphatic carbocycles. The van der Waals surface area contributed by atoms with E-state index in [0.29, 0.717) is 11.6 Å². The Morgan fingerprint density at radius 2 is 2.06 bits per heavy atom. The Hall–Kier alpha value is -0.800. The lowest BCUT2D eigenvalue weighted by Gasteiger charge is -2.25. The van der Waals surface area contributed by atoms with Gasteiger partial charge in [0.25, 0.3) is 0 Å². The number of halogens is 2. The maximum absolute atomic E-state index is 13.9. The van der Waals surface area contributed by atoms with Crippen molar-refractivity contribution < 1.29 is 4.39 Å². The summed E-state index contributed by atoms with van der Waals surface area (Å²) in [6.45, 7) is 4.18. The average Bonchev–Trinajstić information content (AvgIpc) is 2.88. The molecule has 18 heavy (non-hydrogen) atoms. The molecule has 4 heteroatoms. The molecule has 0 N–H and O–H groups in total. The zero-order valence-corrected chi connectivity index (χ0v) is 11.6. The van der Waals surface area contributed by atoms with Crippen LogP contribution < -0.4 is 4.90 Å². The normalized spacial score (nSPS) is 16.2. The van der Waals surface area contributed by atoms with Crippen LogP contribution in [0.2, 0.25) is 0 Å². The molecule has 1 aliphatic rings. The topological polar surface area (TPSA) is 6.48 Å². The van der Waals surface area contributed by atoms with Crippen LogP contribution in [0.3, 0.4) is 0 Å². The molecule has 1 aliphatic heterocycles. The first-order valence-electron chi connectivity index (χ1n) is 6.49. The zero-order valence-electron chi connectivity index (χ0n) is 10.8. The van der Waals surface area contributed by atoms with Crippen LogP contribution in [0.15, 0.2) is 18.2 Å². The number of likely N-dealkylation sites (N-methyl/N-ethyl adjacent to an activating group) is 1. The zero-order chi connectivity index (χ0) is 13.0. The van der Waals surface area contributed by atoms with Gasteiger partial charge >= 0.3 is 0 Å². The van der Waals surface area contributed by atoms with E-state index in [0.717, 1.165) is 18.7 Å². The SMILES string of the molecule is CN(CCN1CCCC1)c1c(F)cccc1CCl. The van der Waals surface area contributed by atoms with E-state index in [-0.39, 0.29) is 5.82 Å². The van der Waals surface area contributed by atoms with Gasteiger partial charge in [-0.05, 0) is 37.6 Å². The van der Waals surface area contributed by atoms with Crippen molar-refractivity contribution in [3.8, 4) is 0 Å². The molecule has 0 amide bonds. The predicted molar refractivity (Wildman–Crippen MR) is 74.9 cm³/mol. The van der Waals surface area contributed by atoms with Crippen molar-refractivity contribution in [1.82, 2.24) is 4.90 Å². The van der Waals surface area contributed by atoms with Gasteiger partial charge in [0, 0.05) is 26.0 Å². The fraction of sp³-hybridized carbons (Fsp3) is 0.571. The molecule has 1 heterocycles. The Balaban J connectivity index is 2.01. The molecule has 1 aromatic carbocycles. The molecule has 1 fully saturated rings. The number of likely N-dealkylation sites (tertiary alicyclic amines) is 1. The van der Waals surface area contributed by atoms with Gasteiger partial charge in [-0.25, -0.2) is 4.39 Å². The van der Waals surface area contributed by atoms with Gasteiger partial charge in [-0.3, -0.25) is 0 Å². The summed E-state index contributed by atoms with van der Waals surface area (Å²) in [6, 6.07) is 5.10. The molecule has 0 radical (unpaired) electrons. The van der Waals surface area contributed by atoms with Crippen molar-refractivity contribution in [3.63, 3.8) is 0 Å². The highest BCUT2D eigenvalue weighted by atomic mass is 35.5. The van der Waals surface area contributed by atoms with Crippen LogP contribution in [-0.4, -0.2) is 38.1 Å². The van der Waals surface area contributed by atoms with Gasteiger partial charge in [0.2, 0.25) is 0 Å². The standard InChI is InChI=1S/C14H20ClFN2/c1-17(9-10-18-7-2-3-8-18)14-12(11-15)5-4-6-13(14)16/h4-6H,2-3,7-11H2,1H3. The fourth-order valence-electron chi connectivity index (χ4n) is 2.50. The van der Waals surface area contributed by atoms with Gasteiger partial charge in [0.1, 0.15) is 5.82 Å². The van der Waals surface area contributed by atoms with Crippen LogP contribution in [0.5, 0.6) is 0 Å². The molecule has 1 saturated heterocycles. The number of hydrogen-bond donors (Lipinski definition) is 0. The molecule has 2 nitrogen and oxygen atoms in total.